The molecule has 0 saturated heterocycles. The number of hydrogen-bond acceptors (Lipinski definition) is 2. The van der Waals surface area contributed by atoms with E-state index in [1.54, 1.807) is 0 Å². The molecule has 0 N–H and O–H groups in total. The van der Waals surface area contributed by atoms with E-state index >= 15 is 0 Å². The highest BCUT2D eigenvalue weighted by molar-refractivity contribution is 5.73. The third-order valence-electron chi connectivity index (χ3n) is 3.73. The molecule has 0 spiro atoms. The van der Waals surface area contributed by atoms with Gasteiger partial charge in [0.1, 0.15) is 5.76 Å². The summed E-state index contributed by atoms with van der Waals surface area (Å²) in [6.07, 6.45) is 7.12. The maximum atomic E-state index is 12.1. The molecular weight excluding hydrogens is 248 g/mol. The van der Waals surface area contributed by atoms with Gasteiger partial charge in [0.25, 0.3) is 0 Å². The molecule has 2 heteroatoms. The van der Waals surface area contributed by atoms with Crippen molar-refractivity contribution in [1.82, 2.24) is 0 Å². The number of carbonyl (C=O) groups excluding carboxylic acids is 1. The van der Waals surface area contributed by atoms with E-state index in [4.69, 9.17) is 4.74 Å². The molecule has 0 radical (unpaired) electrons. The molecule has 0 rings (SSSR count). The Kier molecular flexibility index (Phi) is 8.84. The largest absolute Gasteiger partial charge is 0.431 e. The fraction of sp³-hybridized carbons (Fsp3) is 0.833. The van der Waals surface area contributed by atoms with Crippen LogP contribution in [0, 0.1) is 17.3 Å². The van der Waals surface area contributed by atoms with Crippen molar-refractivity contribution in [2.24, 2.45) is 17.3 Å². The Bertz CT molecular complexity index is 306. The van der Waals surface area contributed by atoms with Crippen LogP contribution in [0.2, 0.25) is 0 Å². The van der Waals surface area contributed by atoms with Gasteiger partial charge in [-0.1, -0.05) is 61.3 Å². The summed E-state index contributed by atoms with van der Waals surface area (Å²) in [7, 11) is 0. The zero-order chi connectivity index (χ0) is 15.8. The number of allylic oxidation sites excluding steroid dienone is 2. The number of carbonyl (C=O) groups is 1. The lowest BCUT2D eigenvalue weighted by atomic mass is 9.85. The lowest BCUT2D eigenvalue weighted by Gasteiger charge is -2.22. The molecule has 1 atom stereocenters. The van der Waals surface area contributed by atoms with Crippen molar-refractivity contribution in [2.75, 3.05) is 0 Å². The normalized spacial score (nSPS) is 14.5. The maximum Gasteiger partial charge on any atom is 0.313 e. The van der Waals surface area contributed by atoms with Crippen molar-refractivity contribution in [3.63, 3.8) is 0 Å². The first-order valence-electron chi connectivity index (χ1n) is 8.14. The van der Waals surface area contributed by atoms with E-state index in [-0.39, 0.29) is 17.3 Å². The summed E-state index contributed by atoms with van der Waals surface area (Å²) < 4.78 is 5.57. The first-order chi connectivity index (χ1) is 9.23. The Hall–Kier alpha value is -0.790. The smallest absolute Gasteiger partial charge is 0.313 e. The third-order valence-corrected chi connectivity index (χ3v) is 3.73. The highest BCUT2D eigenvalue weighted by atomic mass is 16.5. The first-order valence-corrected chi connectivity index (χ1v) is 8.14. The van der Waals surface area contributed by atoms with Crippen LogP contribution < -0.4 is 0 Å². The van der Waals surface area contributed by atoms with Gasteiger partial charge in [-0.25, -0.2) is 0 Å². The molecule has 118 valence electrons. The second-order valence-electron chi connectivity index (χ2n) is 7.03. The van der Waals surface area contributed by atoms with Gasteiger partial charge in [0.15, 0.2) is 0 Å². The summed E-state index contributed by atoms with van der Waals surface area (Å²) in [5.41, 5.74) is 0.157. The van der Waals surface area contributed by atoms with E-state index in [1.807, 2.05) is 13.8 Å². The summed E-state index contributed by atoms with van der Waals surface area (Å²) in [5.74, 6) is 1.40. The average Bonchev–Trinajstić information content (AvgIpc) is 2.36. The molecule has 0 amide bonds. The summed E-state index contributed by atoms with van der Waals surface area (Å²) in [6.45, 7) is 14.9. The Morgan fingerprint density at radius 2 is 1.70 bits per heavy atom. The zero-order valence-electron chi connectivity index (χ0n) is 14.6. The van der Waals surface area contributed by atoms with Crippen LogP contribution >= 0.6 is 0 Å². The van der Waals surface area contributed by atoms with Gasteiger partial charge in [-0.05, 0) is 30.3 Å². The molecule has 0 aromatic heterocycles. The molecule has 0 saturated carbocycles. The van der Waals surface area contributed by atoms with Crippen LogP contribution in [0.25, 0.3) is 0 Å². The second-order valence-corrected chi connectivity index (χ2v) is 7.03. The van der Waals surface area contributed by atoms with E-state index in [0.717, 1.165) is 25.0 Å². The summed E-state index contributed by atoms with van der Waals surface area (Å²) in [6, 6.07) is 0. The second kappa shape index (κ2) is 9.20. The van der Waals surface area contributed by atoms with Crippen LogP contribution in [0.15, 0.2) is 11.8 Å². The van der Waals surface area contributed by atoms with Crippen molar-refractivity contribution in [1.29, 1.82) is 0 Å². The van der Waals surface area contributed by atoms with Crippen LogP contribution in [0.5, 0.6) is 0 Å². The minimum Gasteiger partial charge on any atom is -0.431 e. The maximum absolute atomic E-state index is 12.1. The zero-order valence-corrected chi connectivity index (χ0v) is 14.6. The predicted octanol–water partition coefficient (Wildman–Crippen LogP) is 5.72. The minimum absolute atomic E-state index is 0.0434. The quantitative estimate of drug-likeness (QED) is 0.420. The molecule has 0 aliphatic heterocycles. The van der Waals surface area contributed by atoms with Crippen molar-refractivity contribution in [2.45, 2.75) is 80.6 Å². The molecule has 0 heterocycles. The van der Waals surface area contributed by atoms with Gasteiger partial charge >= 0.3 is 5.97 Å². The van der Waals surface area contributed by atoms with Crippen molar-refractivity contribution in [3.8, 4) is 0 Å². The Labute approximate surface area is 126 Å². The van der Waals surface area contributed by atoms with Gasteiger partial charge in [0.2, 0.25) is 0 Å². The number of hydrogen-bond donors (Lipinski definition) is 0. The van der Waals surface area contributed by atoms with E-state index < -0.39 is 0 Å². The Morgan fingerprint density at radius 3 is 2.10 bits per heavy atom. The lowest BCUT2D eigenvalue weighted by Crippen LogP contribution is -2.20. The molecule has 0 aliphatic rings. The molecule has 2 nitrogen and oxygen atoms in total. The number of esters is 1. The SMILES string of the molecule is CC/C(=C/CC(CC)CC)OC(=O)C(C)CC(C)(C)C. The van der Waals surface area contributed by atoms with Crippen LogP contribution in [-0.2, 0) is 9.53 Å². The van der Waals surface area contributed by atoms with Crippen molar-refractivity contribution < 1.29 is 9.53 Å². The Morgan fingerprint density at radius 1 is 1.15 bits per heavy atom. The highest BCUT2D eigenvalue weighted by Gasteiger charge is 2.22. The lowest BCUT2D eigenvalue weighted by molar-refractivity contribution is -0.144. The predicted molar refractivity (Wildman–Crippen MR) is 86.4 cm³/mol. The molecule has 20 heavy (non-hydrogen) atoms. The third kappa shape index (κ3) is 8.39. The number of ether oxygens (including phenoxy) is 1. The van der Waals surface area contributed by atoms with Gasteiger partial charge < -0.3 is 4.74 Å². The van der Waals surface area contributed by atoms with Crippen LogP contribution in [0.3, 0.4) is 0 Å². The summed E-state index contributed by atoms with van der Waals surface area (Å²) in [5, 5.41) is 0. The van der Waals surface area contributed by atoms with E-state index in [2.05, 4.69) is 40.7 Å². The summed E-state index contributed by atoms with van der Waals surface area (Å²) >= 11 is 0. The Balaban J connectivity index is 4.48. The van der Waals surface area contributed by atoms with Gasteiger partial charge in [-0.15, -0.1) is 0 Å². The molecule has 1 unspecified atom stereocenters. The van der Waals surface area contributed by atoms with Crippen molar-refractivity contribution in [3.05, 3.63) is 11.8 Å². The fourth-order valence-corrected chi connectivity index (χ4v) is 2.41. The van der Waals surface area contributed by atoms with E-state index in [0.29, 0.717) is 5.92 Å². The van der Waals surface area contributed by atoms with Crippen LogP contribution in [0.1, 0.15) is 80.6 Å². The van der Waals surface area contributed by atoms with Gasteiger partial charge in [0, 0.05) is 6.42 Å². The fourth-order valence-electron chi connectivity index (χ4n) is 2.41. The first kappa shape index (κ1) is 19.2. The molecule has 0 aromatic carbocycles. The number of rotatable bonds is 8. The van der Waals surface area contributed by atoms with Gasteiger partial charge in [-0.2, -0.15) is 0 Å². The topological polar surface area (TPSA) is 26.3 Å². The molecule has 0 aliphatic carbocycles. The monoisotopic (exact) mass is 282 g/mol. The average molecular weight is 282 g/mol. The van der Waals surface area contributed by atoms with E-state index in [1.165, 1.54) is 12.8 Å². The highest BCUT2D eigenvalue weighted by Crippen LogP contribution is 2.26. The standard InChI is InChI=1S/C18H34O2/c1-8-15(9-2)11-12-16(10-3)20-17(19)14(4)13-18(5,6)7/h12,14-15H,8-11,13H2,1-7H3/b16-12-. The molecule has 0 fully saturated rings. The molecule has 0 bridgehead atoms. The minimum atomic E-state index is -0.0856. The molecule has 0 aromatic rings. The van der Waals surface area contributed by atoms with Crippen molar-refractivity contribution >= 4 is 5.97 Å². The van der Waals surface area contributed by atoms with Gasteiger partial charge in [0.05, 0.1) is 5.92 Å². The van der Waals surface area contributed by atoms with Crippen LogP contribution in [-0.4, -0.2) is 5.97 Å². The molecular formula is C18H34O2. The summed E-state index contributed by atoms with van der Waals surface area (Å²) in [4.78, 5) is 12.1. The van der Waals surface area contributed by atoms with E-state index in [9.17, 15) is 4.79 Å². The van der Waals surface area contributed by atoms with Gasteiger partial charge in [-0.3, -0.25) is 4.79 Å². The van der Waals surface area contributed by atoms with Crippen LogP contribution in [0.4, 0.5) is 0 Å².